The van der Waals surface area contributed by atoms with E-state index in [9.17, 15) is 0 Å². The Morgan fingerprint density at radius 2 is 1.34 bits per heavy atom. The molecular weight excluding hydrogens is 356 g/mol. The van der Waals surface area contributed by atoms with Gasteiger partial charge in [0.2, 0.25) is 0 Å². The van der Waals surface area contributed by atoms with Gasteiger partial charge in [-0.2, -0.15) is 0 Å². The van der Waals surface area contributed by atoms with Gasteiger partial charge in [0, 0.05) is 5.56 Å². The minimum atomic E-state index is -0.349. The van der Waals surface area contributed by atoms with Crippen LogP contribution in [-0.4, -0.2) is 11.2 Å². The molecule has 1 fully saturated rings. The van der Waals surface area contributed by atoms with Crippen molar-refractivity contribution >= 4 is 10.8 Å². The Kier molecular flexibility index (Phi) is 3.71. The highest BCUT2D eigenvalue weighted by Crippen LogP contribution is 2.52. The van der Waals surface area contributed by atoms with E-state index in [2.05, 4.69) is 97.0 Å². The van der Waals surface area contributed by atoms with Gasteiger partial charge in [0.25, 0.3) is 0 Å². The zero-order chi connectivity index (χ0) is 20.8. The van der Waals surface area contributed by atoms with E-state index < -0.39 is 0 Å². The number of hydrogen-bond donors (Lipinski definition) is 0. The van der Waals surface area contributed by atoms with Crippen molar-refractivity contribution in [3.8, 4) is 22.3 Å². The summed E-state index contributed by atoms with van der Waals surface area (Å²) in [5.41, 5.74) is 7.22. The highest BCUT2D eigenvalue weighted by atomic mass is 16.7. The first-order chi connectivity index (χ1) is 13.5. The number of hydrogen-bond acceptors (Lipinski definition) is 2. The fourth-order valence-electron chi connectivity index (χ4n) is 4.52. The van der Waals surface area contributed by atoms with E-state index in [1.165, 1.54) is 38.6 Å². The molecule has 2 heteroatoms. The standard InChI is InChI=1S/C27H30O2/c1-25(2,3)16-11-12-17-20-13-14-21(24-28-26(4,5)27(6,7)29-24)18-9-8-10-19(23(18)20)22(17)15-16/h8-15,24H,1-7H3. The summed E-state index contributed by atoms with van der Waals surface area (Å²) in [6.45, 7) is 15.2. The summed E-state index contributed by atoms with van der Waals surface area (Å²) in [4.78, 5) is 0. The fourth-order valence-corrected chi connectivity index (χ4v) is 4.52. The first-order valence-electron chi connectivity index (χ1n) is 10.6. The highest BCUT2D eigenvalue weighted by molar-refractivity contribution is 6.16. The Morgan fingerprint density at radius 1 is 0.724 bits per heavy atom. The first-order valence-corrected chi connectivity index (χ1v) is 10.6. The number of benzene rings is 3. The molecule has 3 aromatic rings. The second-order valence-electron chi connectivity index (χ2n) is 10.5. The van der Waals surface area contributed by atoms with E-state index >= 15 is 0 Å². The molecule has 0 spiro atoms. The average Bonchev–Trinajstić information content (AvgIpc) is 3.06. The lowest BCUT2D eigenvalue weighted by molar-refractivity contribution is -0.0885. The molecule has 0 radical (unpaired) electrons. The normalized spacial score (nSPS) is 19.7. The molecule has 1 aliphatic carbocycles. The number of rotatable bonds is 1. The van der Waals surface area contributed by atoms with Crippen LogP contribution < -0.4 is 0 Å². The van der Waals surface area contributed by atoms with Gasteiger partial charge in [-0.05, 0) is 77.8 Å². The SMILES string of the molecule is CC(C)(C)c1ccc2c(c1)-c1cccc3c(C4OC(C)(C)C(C)(C)O4)ccc-2c13. The maximum Gasteiger partial charge on any atom is 0.185 e. The Hall–Kier alpha value is -2.16. The van der Waals surface area contributed by atoms with Crippen LogP contribution in [0.1, 0.15) is 65.9 Å². The smallest absolute Gasteiger partial charge is 0.185 e. The molecule has 1 heterocycles. The van der Waals surface area contributed by atoms with Gasteiger partial charge in [-0.25, -0.2) is 0 Å². The Balaban J connectivity index is 1.70. The van der Waals surface area contributed by atoms with Crippen molar-refractivity contribution in [2.75, 3.05) is 0 Å². The van der Waals surface area contributed by atoms with Crippen LogP contribution in [0.3, 0.4) is 0 Å². The molecule has 29 heavy (non-hydrogen) atoms. The molecule has 150 valence electrons. The molecule has 0 amide bonds. The molecule has 0 unspecified atom stereocenters. The third-order valence-corrected chi connectivity index (χ3v) is 7.05. The minimum Gasteiger partial charge on any atom is -0.339 e. The summed E-state index contributed by atoms with van der Waals surface area (Å²) >= 11 is 0. The Morgan fingerprint density at radius 3 is 2.00 bits per heavy atom. The topological polar surface area (TPSA) is 18.5 Å². The lowest BCUT2D eigenvalue weighted by Crippen LogP contribution is -2.41. The Labute approximate surface area is 173 Å². The summed E-state index contributed by atoms with van der Waals surface area (Å²) in [6, 6.07) is 18.0. The summed E-state index contributed by atoms with van der Waals surface area (Å²) in [5.74, 6) is 0. The van der Waals surface area contributed by atoms with E-state index in [0.29, 0.717) is 0 Å². The maximum absolute atomic E-state index is 6.38. The fraction of sp³-hybridized carbons (Fsp3) is 0.407. The number of ether oxygens (including phenoxy) is 2. The van der Waals surface area contributed by atoms with Crippen molar-refractivity contribution in [3.05, 3.63) is 59.7 Å². The van der Waals surface area contributed by atoms with E-state index in [-0.39, 0.29) is 22.9 Å². The molecule has 0 bridgehead atoms. The quantitative estimate of drug-likeness (QED) is 0.339. The van der Waals surface area contributed by atoms with Gasteiger partial charge in [0.05, 0.1) is 11.2 Å². The van der Waals surface area contributed by atoms with Crippen LogP contribution in [0.4, 0.5) is 0 Å². The summed E-state index contributed by atoms with van der Waals surface area (Å²) in [7, 11) is 0. The van der Waals surface area contributed by atoms with E-state index in [4.69, 9.17) is 9.47 Å². The van der Waals surface area contributed by atoms with Gasteiger partial charge >= 0.3 is 0 Å². The van der Waals surface area contributed by atoms with Crippen LogP contribution >= 0.6 is 0 Å². The minimum absolute atomic E-state index is 0.131. The Bertz CT molecular complexity index is 1130. The second kappa shape index (κ2) is 5.71. The van der Waals surface area contributed by atoms with E-state index in [0.717, 1.165) is 5.56 Å². The molecule has 0 aromatic heterocycles. The van der Waals surface area contributed by atoms with Crippen molar-refractivity contribution < 1.29 is 9.47 Å². The van der Waals surface area contributed by atoms with Crippen LogP contribution in [0.5, 0.6) is 0 Å². The lowest BCUT2D eigenvalue weighted by atomic mass is 9.85. The van der Waals surface area contributed by atoms with Crippen molar-refractivity contribution in [1.29, 1.82) is 0 Å². The summed E-state index contributed by atoms with van der Waals surface area (Å²) in [5, 5.41) is 2.55. The third-order valence-electron chi connectivity index (χ3n) is 7.05. The molecule has 2 nitrogen and oxygen atoms in total. The zero-order valence-electron chi connectivity index (χ0n) is 18.5. The predicted octanol–water partition coefficient (Wildman–Crippen LogP) is 7.39. The maximum atomic E-state index is 6.38. The van der Waals surface area contributed by atoms with Gasteiger partial charge < -0.3 is 9.47 Å². The van der Waals surface area contributed by atoms with Crippen LogP contribution in [0.15, 0.2) is 48.5 Å². The number of fused-ring (bicyclic) bond motifs is 3. The molecule has 1 saturated heterocycles. The molecule has 0 saturated carbocycles. The molecular formula is C27H30O2. The zero-order valence-corrected chi connectivity index (χ0v) is 18.5. The van der Waals surface area contributed by atoms with Crippen LogP contribution in [0.2, 0.25) is 0 Å². The van der Waals surface area contributed by atoms with Gasteiger partial charge in [-0.3, -0.25) is 0 Å². The first kappa shape index (κ1) is 18.8. The van der Waals surface area contributed by atoms with Crippen LogP contribution in [0.25, 0.3) is 33.0 Å². The van der Waals surface area contributed by atoms with Gasteiger partial charge in [-0.1, -0.05) is 63.2 Å². The summed E-state index contributed by atoms with van der Waals surface area (Å²) in [6.07, 6.45) is -0.349. The molecule has 5 rings (SSSR count). The van der Waals surface area contributed by atoms with Crippen LogP contribution in [0, 0.1) is 0 Å². The predicted molar refractivity (Wildman–Crippen MR) is 120 cm³/mol. The van der Waals surface area contributed by atoms with Crippen molar-refractivity contribution in [2.24, 2.45) is 0 Å². The van der Waals surface area contributed by atoms with Crippen LogP contribution in [-0.2, 0) is 14.9 Å². The van der Waals surface area contributed by atoms with E-state index in [1.807, 2.05) is 0 Å². The molecule has 2 aliphatic rings. The molecule has 0 atom stereocenters. The van der Waals surface area contributed by atoms with Gasteiger partial charge in [0.1, 0.15) is 0 Å². The molecule has 1 aliphatic heterocycles. The largest absolute Gasteiger partial charge is 0.339 e. The molecule has 0 N–H and O–H groups in total. The summed E-state index contributed by atoms with van der Waals surface area (Å²) < 4.78 is 12.8. The van der Waals surface area contributed by atoms with Crippen molar-refractivity contribution in [2.45, 2.75) is 71.4 Å². The van der Waals surface area contributed by atoms with Crippen molar-refractivity contribution in [1.82, 2.24) is 0 Å². The second-order valence-corrected chi connectivity index (χ2v) is 10.5. The third kappa shape index (κ3) is 2.62. The highest BCUT2D eigenvalue weighted by Gasteiger charge is 2.50. The van der Waals surface area contributed by atoms with E-state index in [1.54, 1.807) is 0 Å². The lowest BCUT2D eigenvalue weighted by Gasteiger charge is -2.30. The average molecular weight is 387 g/mol. The van der Waals surface area contributed by atoms with Crippen molar-refractivity contribution in [3.63, 3.8) is 0 Å². The monoisotopic (exact) mass is 386 g/mol. The van der Waals surface area contributed by atoms with Gasteiger partial charge in [-0.15, -0.1) is 0 Å². The molecule has 3 aromatic carbocycles. The van der Waals surface area contributed by atoms with Gasteiger partial charge in [0.15, 0.2) is 6.29 Å².